The van der Waals surface area contributed by atoms with Crippen LogP contribution in [0.5, 0.6) is 0 Å². The Hall–Kier alpha value is -1.55. The minimum absolute atomic E-state index is 0.350. The lowest BCUT2D eigenvalue weighted by molar-refractivity contribution is 0.0697. The van der Waals surface area contributed by atoms with Gasteiger partial charge in [-0.1, -0.05) is 12.1 Å². The predicted octanol–water partition coefficient (Wildman–Crippen LogP) is 2.17. The van der Waals surface area contributed by atoms with Gasteiger partial charge in [0.25, 0.3) is 0 Å². The van der Waals surface area contributed by atoms with Gasteiger partial charge < -0.3 is 14.7 Å². The summed E-state index contributed by atoms with van der Waals surface area (Å²) in [5.41, 5.74) is 2.12. The van der Waals surface area contributed by atoms with Crippen LogP contribution in [0, 0.1) is 6.92 Å². The second-order valence-corrected chi connectivity index (χ2v) is 3.85. The van der Waals surface area contributed by atoms with E-state index >= 15 is 0 Å². The minimum Gasteiger partial charge on any atom is -0.478 e. The van der Waals surface area contributed by atoms with E-state index in [2.05, 4.69) is 0 Å². The smallest absolute Gasteiger partial charge is 0.337 e. The number of benzene rings is 1. The first-order valence-electron chi connectivity index (χ1n) is 5.68. The minimum atomic E-state index is -0.889. The van der Waals surface area contributed by atoms with Crippen molar-refractivity contribution in [3.63, 3.8) is 0 Å². The molecule has 0 fully saturated rings. The van der Waals surface area contributed by atoms with Crippen molar-refractivity contribution in [1.82, 2.24) is 0 Å². The quantitative estimate of drug-likeness (QED) is 0.823. The molecule has 0 heterocycles. The van der Waals surface area contributed by atoms with E-state index in [9.17, 15) is 9.90 Å². The number of rotatable bonds is 6. The van der Waals surface area contributed by atoms with Crippen molar-refractivity contribution in [2.24, 2.45) is 0 Å². The van der Waals surface area contributed by atoms with Gasteiger partial charge in [-0.25, -0.2) is 4.79 Å². The number of likely N-dealkylation sites (N-methyl/N-ethyl adjacent to an activating group) is 1. The van der Waals surface area contributed by atoms with Gasteiger partial charge in [0.2, 0.25) is 0 Å². The van der Waals surface area contributed by atoms with Crippen molar-refractivity contribution in [2.45, 2.75) is 13.8 Å². The highest BCUT2D eigenvalue weighted by atomic mass is 16.5. The largest absolute Gasteiger partial charge is 0.478 e. The van der Waals surface area contributed by atoms with Crippen molar-refractivity contribution in [1.29, 1.82) is 0 Å². The van der Waals surface area contributed by atoms with Crippen LogP contribution in [0.2, 0.25) is 0 Å². The molecule has 0 aliphatic carbocycles. The molecular weight excluding hydrogens is 218 g/mol. The van der Waals surface area contributed by atoms with E-state index in [-0.39, 0.29) is 0 Å². The third kappa shape index (κ3) is 3.20. The molecule has 0 spiro atoms. The monoisotopic (exact) mass is 237 g/mol. The number of carboxylic acids is 1. The highest BCUT2D eigenvalue weighted by Gasteiger charge is 2.16. The summed E-state index contributed by atoms with van der Waals surface area (Å²) in [6, 6.07) is 5.34. The first kappa shape index (κ1) is 13.5. The highest BCUT2D eigenvalue weighted by Crippen LogP contribution is 2.25. The van der Waals surface area contributed by atoms with Crippen LogP contribution >= 0.6 is 0 Å². The van der Waals surface area contributed by atoms with Gasteiger partial charge in [-0.2, -0.15) is 0 Å². The van der Waals surface area contributed by atoms with E-state index in [4.69, 9.17) is 4.74 Å². The molecule has 1 aromatic rings. The highest BCUT2D eigenvalue weighted by molar-refractivity contribution is 5.95. The van der Waals surface area contributed by atoms with Crippen LogP contribution in [0.1, 0.15) is 22.8 Å². The lowest BCUT2D eigenvalue weighted by atomic mass is 10.1. The van der Waals surface area contributed by atoms with Gasteiger partial charge in [-0.3, -0.25) is 0 Å². The van der Waals surface area contributed by atoms with Gasteiger partial charge in [0, 0.05) is 20.2 Å². The molecule has 0 atom stereocenters. The van der Waals surface area contributed by atoms with E-state index in [1.807, 2.05) is 24.8 Å². The van der Waals surface area contributed by atoms with Crippen molar-refractivity contribution in [3.8, 4) is 0 Å². The zero-order valence-electron chi connectivity index (χ0n) is 10.6. The van der Waals surface area contributed by atoms with Crippen molar-refractivity contribution in [2.75, 3.05) is 31.7 Å². The molecule has 0 aliphatic rings. The summed E-state index contributed by atoms with van der Waals surface area (Å²) in [7, 11) is 1.64. The normalized spacial score (nSPS) is 10.3. The molecule has 17 heavy (non-hydrogen) atoms. The third-order valence-corrected chi connectivity index (χ3v) is 2.73. The summed E-state index contributed by atoms with van der Waals surface area (Å²) in [6.07, 6.45) is 0. The second kappa shape index (κ2) is 6.25. The van der Waals surface area contributed by atoms with Gasteiger partial charge in [0.05, 0.1) is 17.9 Å². The molecule has 1 N–H and O–H groups in total. The molecule has 94 valence electrons. The van der Waals surface area contributed by atoms with Crippen LogP contribution < -0.4 is 4.90 Å². The molecule has 0 aromatic heterocycles. The topological polar surface area (TPSA) is 49.8 Å². The summed E-state index contributed by atoms with van der Waals surface area (Å²) in [5, 5.41) is 9.20. The lowest BCUT2D eigenvalue weighted by Gasteiger charge is -2.26. The van der Waals surface area contributed by atoms with E-state index in [1.165, 1.54) is 0 Å². The summed E-state index contributed by atoms with van der Waals surface area (Å²) in [4.78, 5) is 13.2. The number of carboxylic acid groups (broad SMARTS) is 1. The fourth-order valence-electron chi connectivity index (χ4n) is 1.88. The summed E-state index contributed by atoms with van der Waals surface area (Å²) in [5.74, 6) is -0.889. The second-order valence-electron chi connectivity index (χ2n) is 3.85. The van der Waals surface area contributed by atoms with Crippen LogP contribution in [0.25, 0.3) is 0 Å². The van der Waals surface area contributed by atoms with E-state index in [0.29, 0.717) is 18.7 Å². The number of methoxy groups -OCH3 is 1. The first-order chi connectivity index (χ1) is 8.11. The molecule has 1 rings (SSSR count). The van der Waals surface area contributed by atoms with Crippen molar-refractivity contribution >= 4 is 11.7 Å². The molecule has 0 saturated carbocycles. The average Bonchev–Trinajstić information content (AvgIpc) is 2.31. The van der Waals surface area contributed by atoms with Gasteiger partial charge in [0.1, 0.15) is 0 Å². The van der Waals surface area contributed by atoms with Gasteiger partial charge in [-0.15, -0.1) is 0 Å². The van der Waals surface area contributed by atoms with E-state index in [0.717, 1.165) is 17.8 Å². The molecule has 4 heteroatoms. The summed E-state index contributed by atoms with van der Waals surface area (Å²) >= 11 is 0. The molecular formula is C13H19NO3. The summed E-state index contributed by atoms with van der Waals surface area (Å²) in [6.45, 7) is 5.97. The van der Waals surface area contributed by atoms with Gasteiger partial charge in [0.15, 0.2) is 0 Å². The lowest BCUT2D eigenvalue weighted by Crippen LogP contribution is -2.29. The SMILES string of the molecule is CCN(CCOC)c1c(C)cccc1C(=O)O. The molecule has 1 aromatic carbocycles. The number of carbonyl (C=O) groups is 1. The Morgan fingerprint density at radius 3 is 2.71 bits per heavy atom. The summed E-state index contributed by atoms with van der Waals surface area (Å²) < 4.78 is 5.05. The number of anilines is 1. The molecule has 0 radical (unpaired) electrons. The maximum atomic E-state index is 11.2. The maximum absolute atomic E-state index is 11.2. The molecule has 4 nitrogen and oxygen atoms in total. The Balaban J connectivity index is 3.11. The fraction of sp³-hybridized carbons (Fsp3) is 0.462. The predicted molar refractivity (Wildman–Crippen MR) is 67.9 cm³/mol. The van der Waals surface area contributed by atoms with Gasteiger partial charge in [-0.05, 0) is 25.5 Å². The Kier molecular flexibility index (Phi) is 4.97. The third-order valence-electron chi connectivity index (χ3n) is 2.73. The van der Waals surface area contributed by atoms with Crippen LogP contribution in [-0.4, -0.2) is 37.9 Å². The molecule has 0 amide bonds. The van der Waals surface area contributed by atoms with Crippen molar-refractivity contribution in [3.05, 3.63) is 29.3 Å². The number of para-hydroxylation sites is 1. The standard InChI is InChI=1S/C13H19NO3/c1-4-14(8-9-17-3)12-10(2)6-5-7-11(12)13(15)16/h5-7H,4,8-9H2,1-3H3,(H,15,16). The number of hydrogen-bond donors (Lipinski definition) is 1. The Labute approximate surface area is 102 Å². The molecule has 0 unspecified atom stereocenters. The number of aromatic carboxylic acids is 1. The van der Waals surface area contributed by atoms with Crippen LogP contribution in [0.3, 0.4) is 0 Å². The van der Waals surface area contributed by atoms with Crippen LogP contribution in [0.4, 0.5) is 5.69 Å². The van der Waals surface area contributed by atoms with Crippen LogP contribution in [0.15, 0.2) is 18.2 Å². The van der Waals surface area contributed by atoms with Gasteiger partial charge >= 0.3 is 5.97 Å². The average molecular weight is 237 g/mol. The Bertz CT molecular complexity index is 390. The number of aryl methyl sites for hydroxylation is 1. The zero-order chi connectivity index (χ0) is 12.8. The maximum Gasteiger partial charge on any atom is 0.337 e. The Morgan fingerprint density at radius 1 is 1.47 bits per heavy atom. The number of nitrogens with zero attached hydrogens (tertiary/aromatic N) is 1. The number of hydrogen-bond acceptors (Lipinski definition) is 3. The molecule has 0 saturated heterocycles. The van der Waals surface area contributed by atoms with E-state index < -0.39 is 5.97 Å². The zero-order valence-corrected chi connectivity index (χ0v) is 10.6. The molecule has 0 aliphatic heterocycles. The van der Waals surface area contributed by atoms with E-state index in [1.54, 1.807) is 19.2 Å². The van der Waals surface area contributed by atoms with Crippen LogP contribution in [-0.2, 0) is 4.74 Å². The number of ether oxygens (including phenoxy) is 1. The first-order valence-corrected chi connectivity index (χ1v) is 5.68. The van der Waals surface area contributed by atoms with Crippen molar-refractivity contribution < 1.29 is 14.6 Å². The molecule has 0 bridgehead atoms. The Morgan fingerprint density at radius 2 is 2.18 bits per heavy atom. The fourth-order valence-corrected chi connectivity index (χ4v) is 1.88.